The van der Waals surface area contributed by atoms with Crippen molar-refractivity contribution >= 4 is 11.6 Å². The van der Waals surface area contributed by atoms with E-state index >= 15 is 0 Å². The second-order valence-corrected chi connectivity index (χ2v) is 6.74. The van der Waals surface area contributed by atoms with Crippen molar-refractivity contribution in [3.05, 3.63) is 42.7 Å². The first kappa shape index (κ1) is 15.2. The molecule has 1 heterocycles. The minimum Gasteiger partial charge on any atom is -0.489 e. The predicted molar refractivity (Wildman–Crippen MR) is 91.7 cm³/mol. The first-order chi connectivity index (χ1) is 11.8. The lowest BCUT2D eigenvalue weighted by molar-refractivity contribution is -0.117. The van der Waals surface area contributed by atoms with E-state index in [-0.39, 0.29) is 11.8 Å². The molecule has 0 spiro atoms. The molecule has 2 atom stereocenters. The first-order valence-corrected chi connectivity index (χ1v) is 8.83. The molecule has 2 aliphatic carbocycles. The molecule has 2 aliphatic rings. The van der Waals surface area contributed by atoms with E-state index in [1.807, 2.05) is 41.2 Å². The van der Waals surface area contributed by atoms with Crippen LogP contribution in [0, 0.1) is 17.8 Å². The van der Waals surface area contributed by atoms with E-state index in [1.165, 1.54) is 25.7 Å². The van der Waals surface area contributed by atoms with Gasteiger partial charge in [0.15, 0.2) is 0 Å². The second kappa shape index (κ2) is 6.67. The summed E-state index contributed by atoms with van der Waals surface area (Å²) in [6.07, 6.45) is 8.64. The minimum atomic E-state index is 0.162. The zero-order chi connectivity index (χ0) is 16.4. The van der Waals surface area contributed by atoms with Gasteiger partial charge in [0.25, 0.3) is 0 Å². The van der Waals surface area contributed by atoms with E-state index in [0.717, 1.165) is 11.4 Å². The van der Waals surface area contributed by atoms with Crippen molar-refractivity contribution in [1.29, 1.82) is 0 Å². The average Bonchev–Trinajstić information content (AvgIpc) is 3.11. The van der Waals surface area contributed by atoms with Crippen molar-refractivity contribution in [2.24, 2.45) is 17.8 Å². The summed E-state index contributed by atoms with van der Waals surface area (Å²) in [4.78, 5) is 12.6. The van der Waals surface area contributed by atoms with Gasteiger partial charge < -0.3 is 10.1 Å². The zero-order valence-corrected chi connectivity index (χ0v) is 13.7. The number of carbonyl (C=O) groups is 1. The van der Waals surface area contributed by atoms with Gasteiger partial charge in [0.2, 0.25) is 5.91 Å². The molecule has 1 amide bonds. The first-order valence-electron chi connectivity index (χ1n) is 8.83. The van der Waals surface area contributed by atoms with Gasteiger partial charge in [-0.05, 0) is 42.9 Å². The molecule has 24 heavy (non-hydrogen) atoms. The zero-order valence-electron chi connectivity index (χ0n) is 13.7. The van der Waals surface area contributed by atoms with Crippen LogP contribution in [0.25, 0.3) is 0 Å². The lowest BCUT2D eigenvalue weighted by Gasteiger charge is -2.12. The Hall–Kier alpha value is -2.30. The lowest BCUT2D eigenvalue weighted by atomic mass is 10.0. The number of hydrogen-bond donors (Lipinski definition) is 1. The SMILES string of the molecule is O=C(Nc1ccccc1OCCn1cccn1)C1C2CCCCC21. The lowest BCUT2D eigenvalue weighted by Crippen LogP contribution is -2.17. The highest BCUT2D eigenvalue weighted by molar-refractivity contribution is 5.96. The number of aromatic nitrogens is 2. The number of ether oxygens (including phenoxy) is 1. The Morgan fingerprint density at radius 3 is 2.75 bits per heavy atom. The summed E-state index contributed by atoms with van der Waals surface area (Å²) in [5, 5.41) is 7.24. The van der Waals surface area contributed by atoms with Gasteiger partial charge in [0.05, 0.1) is 12.2 Å². The highest BCUT2D eigenvalue weighted by atomic mass is 16.5. The summed E-state index contributed by atoms with van der Waals surface area (Å²) in [5.74, 6) is 2.33. The number of amides is 1. The fourth-order valence-electron chi connectivity index (χ4n) is 3.97. The van der Waals surface area contributed by atoms with Crippen LogP contribution in [0.15, 0.2) is 42.7 Å². The van der Waals surface area contributed by atoms with Crippen LogP contribution < -0.4 is 10.1 Å². The Morgan fingerprint density at radius 1 is 1.21 bits per heavy atom. The number of anilines is 1. The van der Waals surface area contributed by atoms with Crippen molar-refractivity contribution in [3.8, 4) is 5.75 Å². The summed E-state index contributed by atoms with van der Waals surface area (Å²) in [5.41, 5.74) is 0.770. The van der Waals surface area contributed by atoms with Gasteiger partial charge in [0, 0.05) is 18.3 Å². The third-order valence-corrected chi connectivity index (χ3v) is 5.24. The monoisotopic (exact) mass is 325 g/mol. The van der Waals surface area contributed by atoms with Crippen molar-refractivity contribution in [3.63, 3.8) is 0 Å². The van der Waals surface area contributed by atoms with E-state index in [2.05, 4.69) is 10.4 Å². The normalized spacial score (nSPS) is 24.9. The molecule has 0 saturated heterocycles. The standard InChI is InChI=1S/C19H23N3O2/c23-19(18-14-6-1-2-7-15(14)18)21-16-8-3-4-9-17(16)24-13-12-22-11-5-10-20-22/h3-5,8-11,14-15,18H,1-2,6-7,12-13H2,(H,21,23). The Balaban J connectivity index is 1.35. The molecule has 0 aliphatic heterocycles. The molecule has 5 nitrogen and oxygen atoms in total. The van der Waals surface area contributed by atoms with Gasteiger partial charge in [0.1, 0.15) is 12.4 Å². The topological polar surface area (TPSA) is 56.1 Å². The summed E-state index contributed by atoms with van der Waals surface area (Å²) >= 11 is 0. The molecule has 0 bridgehead atoms. The third kappa shape index (κ3) is 3.16. The minimum absolute atomic E-state index is 0.162. The van der Waals surface area contributed by atoms with Crippen LogP contribution in [-0.4, -0.2) is 22.3 Å². The Kier molecular flexibility index (Phi) is 4.24. The molecular formula is C19H23N3O2. The van der Waals surface area contributed by atoms with Gasteiger partial charge in [-0.15, -0.1) is 0 Å². The number of fused-ring (bicyclic) bond motifs is 1. The maximum atomic E-state index is 12.6. The Bertz CT molecular complexity index is 686. The van der Waals surface area contributed by atoms with E-state index in [1.54, 1.807) is 6.20 Å². The van der Waals surface area contributed by atoms with Crippen molar-refractivity contribution in [1.82, 2.24) is 9.78 Å². The molecule has 126 valence electrons. The fourth-order valence-corrected chi connectivity index (χ4v) is 3.97. The van der Waals surface area contributed by atoms with Crippen LogP contribution in [0.1, 0.15) is 25.7 Å². The highest BCUT2D eigenvalue weighted by Crippen LogP contribution is 2.55. The highest BCUT2D eigenvalue weighted by Gasteiger charge is 2.54. The number of nitrogens with zero attached hydrogens (tertiary/aromatic N) is 2. The number of para-hydroxylation sites is 2. The van der Waals surface area contributed by atoms with Crippen molar-refractivity contribution in [2.75, 3.05) is 11.9 Å². The van der Waals surface area contributed by atoms with Crippen LogP contribution in [0.2, 0.25) is 0 Å². The van der Waals surface area contributed by atoms with Crippen molar-refractivity contribution < 1.29 is 9.53 Å². The number of benzene rings is 1. The van der Waals surface area contributed by atoms with Gasteiger partial charge in [-0.3, -0.25) is 9.48 Å². The van der Waals surface area contributed by atoms with Gasteiger partial charge >= 0.3 is 0 Å². The van der Waals surface area contributed by atoms with E-state index < -0.39 is 0 Å². The van der Waals surface area contributed by atoms with E-state index in [0.29, 0.717) is 25.0 Å². The molecule has 5 heteroatoms. The number of carbonyl (C=O) groups excluding carboxylic acids is 1. The number of hydrogen-bond acceptors (Lipinski definition) is 3. The summed E-state index contributed by atoms with van der Waals surface area (Å²) < 4.78 is 7.68. The molecule has 0 radical (unpaired) electrons. The fraction of sp³-hybridized carbons (Fsp3) is 0.474. The number of nitrogens with one attached hydrogen (secondary N) is 1. The van der Waals surface area contributed by atoms with Crippen LogP contribution >= 0.6 is 0 Å². The maximum Gasteiger partial charge on any atom is 0.228 e. The van der Waals surface area contributed by atoms with E-state index in [4.69, 9.17) is 4.74 Å². The van der Waals surface area contributed by atoms with Crippen molar-refractivity contribution in [2.45, 2.75) is 32.2 Å². The molecule has 1 aromatic heterocycles. The van der Waals surface area contributed by atoms with Crippen LogP contribution in [-0.2, 0) is 11.3 Å². The molecule has 2 aromatic rings. The van der Waals surface area contributed by atoms with Gasteiger partial charge in [-0.2, -0.15) is 5.10 Å². The number of rotatable bonds is 6. The largest absolute Gasteiger partial charge is 0.489 e. The Labute approximate surface area is 142 Å². The van der Waals surface area contributed by atoms with Crippen LogP contribution in [0.4, 0.5) is 5.69 Å². The maximum absolute atomic E-state index is 12.6. The van der Waals surface area contributed by atoms with Crippen LogP contribution in [0.5, 0.6) is 5.75 Å². The van der Waals surface area contributed by atoms with Gasteiger partial charge in [-0.1, -0.05) is 25.0 Å². The van der Waals surface area contributed by atoms with Gasteiger partial charge in [-0.25, -0.2) is 0 Å². The third-order valence-electron chi connectivity index (χ3n) is 5.24. The van der Waals surface area contributed by atoms with Crippen LogP contribution in [0.3, 0.4) is 0 Å². The molecule has 1 aromatic carbocycles. The summed E-state index contributed by atoms with van der Waals surface area (Å²) in [6, 6.07) is 9.56. The smallest absolute Gasteiger partial charge is 0.228 e. The molecular weight excluding hydrogens is 302 g/mol. The molecule has 1 N–H and O–H groups in total. The Morgan fingerprint density at radius 2 is 2.00 bits per heavy atom. The predicted octanol–water partition coefficient (Wildman–Crippen LogP) is 3.34. The van der Waals surface area contributed by atoms with E-state index in [9.17, 15) is 4.79 Å². The molecule has 2 unspecified atom stereocenters. The molecule has 4 rings (SSSR count). The second-order valence-electron chi connectivity index (χ2n) is 6.74. The average molecular weight is 325 g/mol. The molecule has 2 fully saturated rings. The quantitative estimate of drug-likeness (QED) is 0.886. The molecule has 2 saturated carbocycles. The summed E-state index contributed by atoms with van der Waals surface area (Å²) in [6.45, 7) is 1.20. The summed E-state index contributed by atoms with van der Waals surface area (Å²) in [7, 11) is 0.